The quantitative estimate of drug-likeness (QED) is 0.691. The first-order valence-electron chi connectivity index (χ1n) is 9.12. The number of hydrogen-bond acceptors (Lipinski definition) is 4. The van der Waals surface area contributed by atoms with Gasteiger partial charge in [0.15, 0.2) is 0 Å². The maximum absolute atomic E-state index is 12.9. The lowest BCUT2D eigenvalue weighted by Crippen LogP contribution is -2.50. The molecule has 1 saturated heterocycles. The summed E-state index contributed by atoms with van der Waals surface area (Å²) in [6.07, 6.45) is 4.54. The van der Waals surface area contributed by atoms with Gasteiger partial charge < -0.3 is 4.90 Å². The van der Waals surface area contributed by atoms with Crippen molar-refractivity contribution in [3.63, 3.8) is 0 Å². The van der Waals surface area contributed by atoms with Crippen molar-refractivity contribution in [2.24, 2.45) is 0 Å². The second kappa shape index (κ2) is 7.66. The van der Waals surface area contributed by atoms with Gasteiger partial charge in [-0.05, 0) is 65.4 Å². The molecular weight excluding hydrogens is 448 g/mol. The molecule has 0 N–H and O–H groups in total. The Labute approximate surface area is 172 Å². The van der Waals surface area contributed by atoms with Gasteiger partial charge in [0.2, 0.25) is 10.0 Å². The molecule has 1 aliphatic heterocycles. The van der Waals surface area contributed by atoms with Gasteiger partial charge in [-0.1, -0.05) is 12.1 Å². The van der Waals surface area contributed by atoms with Crippen molar-refractivity contribution in [1.82, 2.24) is 9.21 Å². The predicted molar refractivity (Wildman–Crippen MR) is 110 cm³/mol. The van der Waals surface area contributed by atoms with Crippen LogP contribution in [-0.2, 0) is 22.9 Å². The van der Waals surface area contributed by atoms with Crippen LogP contribution in [0.2, 0.25) is 0 Å². The van der Waals surface area contributed by atoms with E-state index in [0.29, 0.717) is 30.7 Å². The summed E-state index contributed by atoms with van der Waals surface area (Å²) in [5.41, 5.74) is 1.32. The number of halogens is 1. The van der Waals surface area contributed by atoms with E-state index in [1.54, 1.807) is 40.5 Å². The molecule has 2 aliphatic rings. The van der Waals surface area contributed by atoms with Gasteiger partial charge in [-0.2, -0.15) is 4.31 Å². The molecule has 1 aromatic carbocycles. The highest BCUT2D eigenvalue weighted by Gasteiger charge is 2.32. The number of aryl methyl sites for hydroxylation is 2. The first-order chi connectivity index (χ1) is 13.0. The average molecular weight is 469 g/mol. The molecule has 2 aromatic rings. The smallest absolute Gasteiger partial charge is 0.264 e. The first kappa shape index (κ1) is 19.1. The molecule has 5 nitrogen and oxygen atoms in total. The highest BCUT2D eigenvalue weighted by Crippen LogP contribution is 2.31. The number of piperazine rings is 1. The van der Waals surface area contributed by atoms with Gasteiger partial charge in [-0.15, -0.1) is 11.3 Å². The predicted octanol–water partition coefficient (Wildman–Crippen LogP) is 3.54. The third-order valence-electron chi connectivity index (χ3n) is 5.19. The van der Waals surface area contributed by atoms with Crippen LogP contribution >= 0.6 is 27.3 Å². The first-order valence-corrected chi connectivity index (χ1v) is 12.2. The van der Waals surface area contributed by atoms with Crippen molar-refractivity contribution >= 4 is 43.2 Å². The fraction of sp³-hybridized carbons (Fsp3) is 0.421. The van der Waals surface area contributed by atoms with Crippen LogP contribution in [0.3, 0.4) is 0 Å². The van der Waals surface area contributed by atoms with E-state index in [4.69, 9.17) is 0 Å². The molecule has 1 aromatic heterocycles. The third-order valence-corrected chi connectivity index (χ3v) is 9.32. The number of nitrogens with zero attached hydrogens (tertiary/aromatic N) is 2. The summed E-state index contributed by atoms with van der Waals surface area (Å²) >= 11 is 4.94. The van der Waals surface area contributed by atoms with Crippen LogP contribution < -0.4 is 0 Å². The van der Waals surface area contributed by atoms with Gasteiger partial charge in [0.1, 0.15) is 0 Å². The number of benzene rings is 1. The van der Waals surface area contributed by atoms with Crippen molar-refractivity contribution in [2.45, 2.75) is 30.6 Å². The Bertz CT molecular complexity index is 940. The number of amides is 1. The third kappa shape index (κ3) is 3.72. The lowest BCUT2D eigenvalue weighted by molar-refractivity contribution is 0.0702. The number of thiophene rings is 1. The van der Waals surface area contributed by atoms with Gasteiger partial charge in [0.25, 0.3) is 5.91 Å². The van der Waals surface area contributed by atoms with E-state index in [9.17, 15) is 13.2 Å². The molecule has 27 heavy (non-hydrogen) atoms. The molecule has 0 saturated carbocycles. The van der Waals surface area contributed by atoms with Crippen LogP contribution in [0.15, 0.2) is 39.7 Å². The van der Waals surface area contributed by atoms with E-state index in [1.807, 2.05) is 6.07 Å². The Morgan fingerprint density at radius 1 is 1.04 bits per heavy atom. The second-order valence-corrected chi connectivity index (χ2v) is 10.8. The second-order valence-electron chi connectivity index (χ2n) is 6.89. The molecule has 4 rings (SSSR count). The van der Waals surface area contributed by atoms with Crippen LogP contribution in [0.25, 0.3) is 0 Å². The number of carbonyl (C=O) groups is 1. The summed E-state index contributed by atoms with van der Waals surface area (Å²) in [5, 5.41) is 0. The van der Waals surface area contributed by atoms with Crippen molar-refractivity contribution in [3.8, 4) is 0 Å². The standard InChI is InChI=1S/C19H21BrN2O3S2/c20-15-6-2-4-8-18(15)27(24,25)22-11-9-21(10-12-22)19(23)17-13-14-5-1-3-7-16(14)26-17/h2,4,6,8,13H,1,3,5,7,9-12H2. The Balaban J connectivity index is 1.45. The van der Waals surface area contributed by atoms with E-state index in [-0.39, 0.29) is 10.8 Å². The minimum Gasteiger partial charge on any atom is -0.335 e. The minimum absolute atomic E-state index is 0.0346. The maximum atomic E-state index is 12.9. The molecule has 0 radical (unpaired) electrons. The van der Waals surface area contributed by atoms with E-state index < -0.39 is 10.0 Å². The molecule has 1 amide bonds. The highest BCUT2D eigenvalue weighted by molar-refractivity contribution is 9.10. The highest BCUT2D eigenvalue weighted by atomic mass is 79.9. The number of hydrogen-bond donors (Lipinski definition) is 0. The zero-order valence-electron chi connectivity index (χ0n) is 14.9. The summed E-state index contributed by atoms with van der Waals surface area (Å²) in [7, 11) is -3.56. The Morgan fingerprint density at radius 3 is 2.44 bits per heavy atom. The van der Waals surface area contributed by atoms with Gasteiger partial charge in [-0.3, -0.25) is 4.79 Å². The van der Waals surface area contributed by atoms with Gasteiger partial charge >= 0.3 is 0 Å². The maximum Gasteiger partial charge on any atom is 0.264 e. The summed E-state index contributed by atoms with van der Waals surface area (Å²) in [6.45, 7) is 1.48. The normalized spacial score (nSPS) is 18.3. The fourth-order valence-corrected chi connectivity index (χ4v) is 7.28. The lowest BCUT2D eigenvalue weighted by Gasteiger charge is -2.34. The van der Waals surface area contributed by atoms with Crippen LogP contribution in [0, 0.1) is 0 Å². The molecular formula is C19H21BrN2O3S2. The lowest BCUT2D eigenvalue weighted by atomic mass is 9.99. The number of carbonyl (C=O) groups excluding carboxylic acids is 1. The van der Waals surface area contributed by atoms with Crippen LogP contribution in [0.5, 0.6) is 0 Å². The van der Waals surface area contributed by atoms with Crippen molar-refractivity contribution < 1.29 is 13.2 Å². The van der Waals surface area contributed by atoms with Gasteiger partial charge in [0.05, 0.1) is 9.77 Å². The molecule has 0 atom stereocenters. The zero-order valence-corrected chi connectivity index (χ0v) is 18.1. The molecule has 0 unspecified atom stereocenters. The topological polar surface area (TPSA) is 57.7 Å². The fourth-order valence-electron chi connectivity index (χ4n) is 3.68. The molecule has 2 heterocycles. The van der Waals surface area contributed by atoms with E-state index >= 15 is 0 Å². The summed E-state index contributed by atoms with van der Waals surface area (Å²) in [5.74, 6) is 0.0346. The summed E-state index contributed by atoms with van der Waals surface area (Å²) < 4.78 is 27.8. The van der Waals surface area contributed by atoms with Gasteiger partial charge in [-0.25, -0.2) is 8.42 Å². The molecule has 144 valence electrons. The zero-order chi connectivity index (χ0) is 19.0. The average Bonchev–Trinajstić information content (AvgIpc) is 3.12. The van der Waals surface area contributed by atoms with Crippen LogP contribution in [-0.4, -0.2) is 49.7 Å². The van der Waals surface area contributed by atoms with E-state index in [0.717, 1.165) is 17.7 Å². The molecule has 1 fully saturated rings. The van der Waals surface area contributed by atoms with Crippen molar-refractivity contribution in [3.05, 3.63) is 50.1 Å². The number of fused-ring (bicyclic) bond motifs is 1. The summed E-state index contributed by atoms with van der Waals surface area (Å²) in [4.78, 5) is 17.1. The monoisotopic (exact) mass is 468 g/mol. The van der Waals surface area contributed by atoms with E-state index in [2.05, 4.69) is 15.9 Å². The molecule has 0 spiro atoms. The van der Waals surface area contributed by atoms with Crippen molar-refractivity contribution in [1.29, 1.82) is 0 Å². The molecule has 8 heteroatoms. The van der Waals surface area contributed by atoms with Gasteiger partial charge in [0, 0.05) is 35.5 Å². The summed E-state index contributed by atoms with van der Waals surface area (Å²) in [6, 6.07) is 8.89. The van der Waals surface area contributed by atoms with Crippen molar-refractivity contribution in [2.75, 3.05) is 26.2 Å². The molecule has 0 bridgehead atoms. The van der Waals surface area contributed by atoms with Crippen LogP contribution in [0.1, 0.15) is 33.0 Å². The van der Waals surface area contributed by atoms with Crippen LogP contribution in [0.4, 0.5) is 0 Å². The van der Waals surface area contributed by atoms with E-state index in [1.165, 1.54) is 27.6 Å². The SMILES string of the molecule is O=C(c1cc2c(s1)CCCC2)N1CCN(S(=O)(=O)c2ccccc2Br)CC1. The Morgan fingerprint density at radius 2 is 1.74 bits per heavy atom. The number of sulfonamides is 1. The largest absolute Gasteiger partial charge is 0.335 e. The molecule has 1 aliphatic carbocycles. The number of rotatable bonds is 3. The Kier molecular flexibility index (Phi) is 5.42. The minimum atomic E-state index is -3.56. The Hall–Kier alpha value is -1.22.